The van der Waals surface area contributed by atoms with E-state index in [0.717, 1.165) is 11.1 Å². The van der Waals surface area contributed by atoms with Gasteiger partial charge in [-0.25, -0.2) is 0 Å². The van der Waals surface area contributed by atoms with Crippen LogP contribution >= 0.6 is 0 Å². The minimum absolute atomic E-state index is 0.528. The quantitative estimate of drug-likeness (QED) is 0.523. The van der Waals surface area contributed by atoms with E-state index >= 15 is 0 Å². The van der Waals surface area contributed by atoms with Crippen molar-refractivity contribution in [3.63, 3.8) is 0 Å². The predicted molar refractivity (Wildman–Crippen MR) is 111 cm³/mol. The average Bonchev–Trinajstić information content (AvgIpc) is 2.70. The van der Waals surface area contributed by atoms with Crippen LogP contribution in [0.1, 0.15) is 36.8 Å². The summed E-state index contributed by atoms with van der Waals surface area (Å²) in [6, 6.07) is 17.9. The number of anilines is 2. The van der Waals surface area contributed by atoms with Crippen molar-refractivity contribution in [2.24, 2.45) is 5.92 Å². The number of allylic oxidation sites excluding steroid dienone is 1. The molecule has 0 N–H and O–H groups in total. The summed E-state index contributed by atoms with van der Waals surface area (Å²) in [5.41, 5.74) is 4.81. The fraction of sp³-hybridized carbons (Fsp3) is 0.250. The maximum atomic E-state index is 3.98. The minimum atomic E-state index is 0.528. The van der Waals surface area contributed by atoms with E-state index in [1.165, 1.54) is 37.1 Å². The second-order valence-electron chi connectivity index (χ2n) is 6.77. The summed E-state index contributed by atoms with van der Waals surface area (Å²) in [6.07, 6.45) is 10.7. The van der Waals surface area contributed by atoms with E-state index in [1.54, 1.807) is 0 Å². The smallest absolute Gasteiger partial charge is 0.0413 e. The van der Waals surface area contributed by atoms with Gasteiger partial charge in [-0.15, -0.1) is 6.58 Å². The van der Waals surface area contributed by atoms with Crippen LogP contribution in [0.2, 0.25) is 0 Å². The van der Waals surface area contributed by atoms with Crippen LogP contribution in [-0.4, -0.2) is 6.04 Å². The first kappa shape index (κ1) is 17.3. The van der Waals surface area contributed by atoms with Gasteiger partial charge in [0.15, 0.2) is 0 Å². The first-order valence-electron chi connectivity index (χ1n) is 9.12. The minimum Gasteiger partial charge on any atom is -0.338 e. The standard InChI is InChI=1S/C24H27N/c1-4-19-7-13-22(14-8-19)25(23-15-9-20(5-2)10-16-23)24-17-11-21(6-3)12-18-24/h4-10,13-16,21,24H,1-3,11-12,17-18H2. The fourth-order valence-corrected chi connectivity index (χ4v) is 3.71. The van der Waals surface area contributed by atoms with Crippen molar-refractivity contribution < 1.29 is 0 Å². The molecule has 1 fully saturated rings. The van der Waals surface area contributed by atoms with Crippen LogP contribution < -0.4 is 4.90 Å². The zero-order chi connectivity index (χ0) is 17.6. The zero-order valence-electron chi connectivity index (χ0n) is 14.9. The van der Waals surface area contributed by atoms with Crippen molar-refractivity contribution in [1.82, 2.24) is 0 Å². The van der Waals surface area contributed by atoms with Gasteiger partial charge >= 0.3 is 0 Å². The lowest BCUT2D eigenvalue weighted by molar-refractivity contribution is 0.373. The Morgan fingerprint density at radius 3 is 1.48 bits per heavy atom. The van der Waals surface area contributed by atoms with Gasteiger partial charge in [-0.1, -0.05) is 55.7 Å². The van der Waals surface area contributed by atoms with Gasteiger partial charge in [0.1, 0.15) is 0 Å². The van der Waals surface area contributed by atoms with Crippen molar-refractivity contribution in [1.29, 1.82) is 0 Å². The van der Waals surface area contributed by atoms with Gasteiger partial charge in [0, 0.05) is 17.4 Å². The molecule has 1 aliphatic rings. The number of hydrogen-bond acceptors (Lipinski definition) is 1. The van der Waals surface area contributed by atoms with Gasteiger partial charge in [-0.05, 0) is 67.0 Å². The highest BCUT2D eigenvalue weighted by molar-refractivity contribution is 5.67. The van der Waals surface area contributed by atoms with E-state index in [2.05, 4.69) is 79.2 Å². The number of benzene rings is 2. The molecule has 2 aromatic rings. The predicted octanol–water partition coefficient (Wildman–Crippen LogP) is 6.86. The lowest BCUT2D eigenvalue weighted by Gasteiger charge is -2.38. The molecule has 1 aliphatic carbocycles. The second-order valence-corrected chi connectivity index (χ2v) is 6.77. The van der Waals surface area contributed by atoms with Gasteiger partial charge in [0.2, 0.25) is 0 Å². The molecular formula is C24H27N. The molecule has 0 amide bonds. The van der Waals surface area contributed by atoms with Crippen LogP contribution in [0.5, 0.6) is 0 Å². The Kier molecular flexibility index (Phi) is 5.55. The van der Waals surface area contributed by atoms with E-state index < -0.39 is 0 Å². The number of rotatable bonds is 6. The number of nitrogens with zero attached hydrogens (tertiary/aromatic N) is 1. The van der Waals surface area contributed by atoms with Crippen LogP contribution in [0.25, 0.3) is 12.2 Å². The van der Waals surface area contributed by atoms with Crippen LogP contribution in [-0.2, 0) is 0 Å². The third-order valence-corrected chi connectivity index (χ3v) is 5.25. The second kappa shape index (κ2) is 8.02. The molecular weight excluding hydrogens is 302 g/mol. The molecule has 1 heteroatoms. The lowest BCUT2D eigenvalue weighted by Crippen LogP contribution is -2.34. The molecule has 0 atom stereocenters. The van der Waals surface area contributed by atoms with Crippen LogP contribution in [0, 0.1) is 5.92 Å². The van der Waals surface area contributed by atoms with Gasteiger partial charge in [-0.3, -0.25) is 0 Å². The normalized spacial score (nSPS) is 19.8. The summed E-state index contributed by atoms with van der Waals surface area (Å²) in [6.45, 7) is 11.7. The van der Waals surface area contributed by atoms with E-state index in [1.807, 2.05) is 12.2 Å². The topological polar surface area (TPSA) is 3.24 Å². The van der Waals surface area contributed by atoms with Gasteiger partial charge in [-0.2, -0.15) is 0 Å². The Morgan fingerprint density at radius 2 is 1.12 bits per heavy atom. The molecule has 0 spiro atoms. The lowest BCUT2D eigenvalue weighted by atomic mass is 9.85. The molecule has 1 saturated carbocycles. The highest BCUT2D eigenvalue weighted by Gasteiger charge is 2.26. The summed E-state index contributed by atoms with van der Waals surface area (Å²) in [7, 11) is 0. The Balaban J connectivity index is 1.93. The zero-order valence-corrected chi connectivity index (χ0v) is 14.9. The van der Waals surface area contributed by atoms with E-state index in [-0.39, 0.29) is 0 Å². The molecule has 0 unspecified atom stereocenters. The van der Waals surface area contributed by atoms with Gasteiger partial charge in [0.05, 0.1) is 0 Å². The Hall–Kier alpha value is -2.54. The van der Waals surface area contributed by atoms with Gasteiger partial charge in [0.25, 0.3) is 0 Å². The van der Waals surface area contributed by atoms with Crippen molar-refractivity contribution in [2.75, 3.05) is 4.90 Å². The Morgan fingerprint density at radius 1 is 0.680 bits per heavy atom. The van der Waals surface area contributed by atoms with Crippen LogP contribution in [0.4, 0.5) is 11.4 Å². The molecule has 0 aromatic heterocycles. The maximum Gasteiger partial charge on any atom is 0.0413 e. The van der Waals surface area contributed by atoms with Crippen LogP contribution in [0.3, 0.4) is 0 Å². The first-order valence-corrected chi connectivity index (χ1v) is 9.12. The first-order chi connectivity index (χ1) is 12.2. The van der Waals surface area contributed by atoms with Crippen molar-refractivity contribution in [2.45, 2.75) is 31.7 Å². The molecule has 1 nitrogen and oxygen atoms in total. The molecule has 0 heterocycles. The molecule has 0 radical (unpaired) electrons. The van der Waals surface area contributed by atoms with E-state index in [4.69, 9.17) is 0 Å². The SMILES string of the molecule is C=Cc1ccc(N(c2ccc(C=C)cc2)C2CCC(C=C)CC2)cc1. The molecule has 2 aromatic carbocycles. The van der Waals surface area contributed by atoms with Crippen molar-refractivity contribution in [3.8, 4) is 0 Å². The van der Waals surface area contributed by atoms with Crippen molar-refractivity contribution in [3.05, 3.63) is 85.5 Å². The largest absolute Gasteiger partial charge is 0.338 e. The van der Waals surface area contributed by atoms with Gasteiger partial charge < -0.3 is 4.90 Å². The fourth-order valence-electron chi connectivity index (χ4n) is 3.71. The summed E-state index contributed by atoms with van der Waals surface area (Å²) >= 11 is 0. The molecule has 0 saturated heterocycles. The highest BCUT2D eigenvalue weighted by atomic mass is 15.2. The molecule has 0 bridgehead atoms. The summed E-state index contributed by atoms with van der Waals surface area (Å²) in [5.74, 6) is 0.671. The highest BCUT2D eigenvalue weighted by Crippen LogP contribution is 2.36. The van der Waals surface area contributed by atoms with E-state index in [0.29, 0.717) is 12.0 Å². The van der Waals surface area contributed by atoms with E-state index in [9.17, 15) is 0 Å². The number of hydrogen-bond donors (Lipinski definition) is 0. The summed E-state index contributed by atoms with van der Waals surface area (Å²) in [4.78, 5) is 2.50. The maximum absolute atomic E-state index is 3.98. The Labute approximate surface area is 152 Å². The molecule has 0 aliphatic heterocycles. The molecule has 128 valence electrons. The molecule has 25 heavy (non-hydrogen) atoms. The Bertz CT molecular complexity index is 664. The summed E-state index contributed by atoms with van der Waals surface area (Å²) in [5, 5.41) is 0. The molecule has 3 rings (SSSR count). The van der Waals surface area contributed by atoms with Crippen molar-refractivity contribution >= 4 is 23.5 Å². The monoisotopic (exact) mass is 329 g/mol. The average molecular weight is 329 g/mol. The van der Waals surface area contributed by atoms with Crippen LogP contribution in [0.15, 0.2) is 74.3 Å². The third-order valence-electron chi connectivity index (χ3n) is 5.25. The summed E-state index contributed by atoms with van der Waals surface area (Å²) < 4.78 is 0. The third kappa shape index (κ3) is 3.93.